The number of hydroxylamine groups is 1. The summed E-state index contributed by atoms with van der Waals surface area (Å²) in [6.45, 7) is 1.28. The molecule has 0 bridgehead atoms. The minimum absolute atomic E-state index is 0.0224. The van der Waals surface area contributed by atoms with Gasteiger partial charge < -0.3 is 4.90 Å². The number of amides is 2. The zero-order chi connectivity index (χ0) is 14.4. The van der Waals surface area contributed by atoms with Crippen LogP contribution < -0.4 is 5.48 Å². The van der Waals surface area contributed by atoms with Gasteiger partial charge in [-0.3, -0.25) is 14.8 Å². The summed E-state index contributed by atoms with van der Waals surface area (Å²) in [6, 6.07) is 9.83. The summed E-state index contributed by atoms with van der Waals surface area (Å²) in [5, 5.41) is 8.46. The molecule has 1 aromatic carbocycles. The molecular formula is C15H18N2O3. The highest BCUT2D eigenvalue weighted by Gasteiger charge is 2.22. The summed E-state index contributed by atoms with van der Waals surface area (Å²) in [5.74, 6) is -0.496. The summed E-state index contributed by atoms with van der Waals surface area (Å²) in [6.07, 6.45) is 3.16. The van der Waals surface area contributed by atoms with Crippen LogP contribution in [-0.2, 0) is 16.1 Å². The lowest BCUT2D eigenvalue weighted by atomic mass is 10.0. The van der Waals surface area contributed by atoms with E-state index in [0.29, 0.717) is 25.1 Å². The van der Waals surface area contributed by atoms with Crippen LogP contribution in [0, 0.1) is 0 Å². The van der Waals surface area contributed by atoms with Gasteiger partial charge in [-0.1, -0.05) is 36.4 Å². The lowest BCUT2D eigenvalue weighted by Gasteiger charge is -2.27. The van der Waals surface area contributed by atoms with Gasteiger partial charge in [-0.05, 0) is 18.4 Å². The molecule has 0 saturated carbocycles. The maximum atomic E-state index is 12.3. The van der Waals surface area contributed by atoms with Crippen LogP contribution in [0.5, 0.6) is 0 Å². The summed E-state index contributed by atoms with van der Waals surface area (Å²) in [7, 11) is 0. The normalized spacial score (nSPS) is 14.9. The van der Waals surface area contributed by atoms with E-state index >= 15 is 0 Å². The highest BCUT2D eigenvalue weighted by Crippen LogP contribution is 2.18. The molecule has 5 heteroatoms. The molecule has 2 N–H and O–H groups in total. The average Bonchev–Trinajstić information content (AvgIpc) is 2.49. The van der Waals surface area contributed by atoms with Crippen LogP contribution in [0.3, 0.4) is 0 Å². The van der Waals surface area contributed by atoms with Gasteiger partial charge in [-0.25, -0.2) is 5.48 Å². The maximum Gasteiger partial charge on any atom is 0.249 e. The molecule has 0 atom stereocenters. The molecule has 0 fully saturated rings. The van der Waals surface area contributed by atoms with Gasteiger partial charge in [0.05, 0.1) is 0 Å². The first-order valence-corrected chi connectivity index (χ1v) is 6.66. The minimum atomic E-state index is -0.473. The Morgan fingerprint density at radius 2 is 2.05 bits per heavy atom. The number of nitrogens with zero attached hydrogens (tertiary/aromatic N) is 1. The van der Waals surface area contributed by atoms with Crippen LogP contribution >= 0.6 is 0 Å². The largest absolute Gasteiger partial charge is 0.334 e. The molecule has 0 unspecified atom stereocenters. The fourth-order valence-electron chi connectivity index (χ4n) is 2.25. The van der Waals surface area contributed by atoms with Crippen LogP contribution in [-0.4, -0.2) is 28.5 Å². The summed E-state index contributed by atoms with van der Waals surface area (Å²) in [4.78, 5) is 25.1. The first-order chi connectivity index (χ1) is 9.70. The summed E-state index contributed by atoms with van der Waals surface area (Å²) >= 11 is 0. The van der Waals surface area contributed by atoms with Gasteiger partial charge in [-0.15, -0.1) is 0 Å². The molecule has 0 aliphatic carbocycles. The molecule has 0 aromatic heterocycles. The highest BCUT2D eigenvalue weighted by atomic mass is 16.5. The summed E-state index contributed by atoms with van der Waals surface area (Å²) < 4.78 is 0. The minimum Gasteiger partial charge on any atom is -0.334 e. The molecule has 5 nitrogen and oxygen atoms in total. The number of hydrogen-bond donors (Lipinski definition) is 2. The second-order valence-electron chi connectivity index (χ2n) is 4.77. The predicted molar refractivity (Wildman–Crippen MR) is 73.7 cm³/mol. The van der Waals surface area contributed by atoms with Gasteiger partial charge in [0.15, 0.2) is 0 Å². The number of rotatable bonds is 5. The van der Waals surface area contributed by atoms with E-state index in [0.717, 1.165) is 12.0 Å². The average molecular weight is 274 g/mol. The smallest absolute Gasteiger partial charge is 0.249 e. The van der Waals surface area contributed by atoms with Crippen LogP contribution in [0.15, 0.2) is 42.0 Å². The topological polar surface area (TPSA) is 69.6 Å². The molecule has 1 aromatic rings. The van der Waals surface area contributed by atoms with Crippen molar-refractivity contribution in [3.05, 3.63) is 47.5 Å². The molecule has 106 valence electrons. The van der Waals surface area contributed by atoms with Gasteiger partial charge in [0.2, 0.25) is 11.8 Å². The summed E-state index contributed by atoms with van der Waals surface area (Å²) in [5.41, 5.74) is 3.32. The van der Waals surface area contributed by atoms with E-state index in [1.807, 2.05) is 36.4 Å². The number of carbonyl (C=O) groups excluding carboxylic acids is 2. The molecule has 20 heavy (non-hydrogen) atoms. The van der Waals surface area contributed by atoms with Gasteiger partial charge >= 0.3 is 0 Å². The van der Waals surface area contributed by atoms with E-state index in [4.69, 9.17) is 5.21 Å². The van der Waals surface area contributed by atoms with Gasteiger partial charge in [0, 0.05) is 25.1 Å². The maximum absolute atomic E-state index is 12.3. The lowest BCUT2D eigenvalue weighted by molar-refractivity contribution is -0.129. The van der Waals surface area contributed by atoms with Gasteiger partial charge in [0.25, 0.3) is 0 Å². The van der Waals surface area contributed by atoms with Crippen molar-refractivity contribution >= 4 is 11.8 Å². The third kappa shape index (κ3) is 3.68. The van der Waals surface area contributed by atoms with Crippen molar-refractivity contribution in [3.63, 3.8) is 0 Å². The van der Waals surface area contributed by atoms with Crippen molar-refractivity contribution in [1.82, 2.24) is 10.4 Å². The standard InChI is InChI=1S/C15H18N2O3/c18-14(16-20)9-8-13-7-4-10-17(15(13)19)11-12-5-2-1-3-6-12/h1-3,5-7,20H,4,8-11H2,(H,16,18). The molecule has 2 amide bonds. The quantitative estimate of drug-likeness (QED) is 0.633. The van der Waals surface area contributed by atoms with Crippen LogP contribution in [0.1, 0.15) is 24.8 Å². The second kappa shape index (κ2) is 6.86. The number of hydrogen-bond acceptors (Lipinski definition) is 3. The second-order valence-corrected chi connectivity index (χ2v) is 4.77. The van der Waals surface area contributed by atoms with E-state index in [9.17, 15) is 9.59 Å². The zero-order valence-corrected chi connectivity index (χ0v) is 11.2. The monoisotopic (exact) mass is 274 g/mol. The van der Waals surface area contributed by atoms with E-state index in [-0.39, 0.29) is 12.3 Å². The molecule has 1 aliphatic heterocycles. The van der Waals surface area contributed by atoms with Crippen LogP contribution in [0.25, 0.3) is 0 Å². The molecule has 0 radical (unpaired) electrons. The Balaban J connectivity index is 1.95. The first-order valence-electron chi connectivity index (χ1n) is 6.66. The zero-order valence-electron chi connectivity index (χ0n) is 11.2. The SMILES string of the molecule is O=C(CCC1=CCCN(Cc2ccccc2)C1=O)NO. The Kier molecular flexibility index (Phi) is 4.90. The molecule has 1 heterocycles. The highest BCUT2D eigenvalue weighted by molar-refractivity contribution is 5.94. The molecule has 0 spiro atoms. The van der Waals surface area contributed by atoms with E-state index in [1.165, 1.54) is 0 Å². The van der Waals surface area contributed by atoms with E-state index in [2.05, 4.69) is 0 Å². The van der Waals surface area contributed by atoms with Crippen molar-refractivity contribution in [1.29, 1.82) is 0 Å². The van der Waals surface area contributed by atoms with Gasteiger partial charge in [-0.2, -0.15) is 0 Å². The molecule has 2 rings (SSSR count). The Bertz CT molecular complexity index is 511. The molecular weight excluding hydrogens is 256 g/mol. The van der Waals surface area contributed by atoms with Crippen molar-refractivity contribution < 1.29 is 14.8 Å². The fraction of sp³-hybridized carbons (Fsp3) is 0.333. The number of benzene rings is 1. The molecule has 1 aliphatic rings. The number of nitrogens with one attached hydrogen (secondary N) is 1. The van der Waals surface area contributed by atoms with Crippen LogP contribution in [0.4, 0.5) is 0 Å². The Morgan fingerprint density at radius 1 is 1.30 bits per heavy atom. The first kappa shape index (κ1) is 14.3. The third-order valence-corrected chi connectivity index (χ3v) is 3.31. The van der Waals surface area contributed by atoms with Crippen LogP contribution in [0.2, 0.25) is 0 Å². The lowest BCUT2D eigenvalue weighted by Crippen LogP contribution is -2.35. The Hall–Kier alpha value is -2.14. The van der Waals surface area contributed by atoms with Gasteiger partial charge in [0.1, 0.15) is 0 Å². The Labute approximate surface area is 117 Å². The fourth-order valence-corrected chi connectivity index (χ4v) is 2.25. The van der Waals surface area contributed by atoms with Crippen molar-refractivity contribution in [3.8, 4) is 0 Å². The van der Waals surface area contributed by atoms with E-state index < -0.39 is 5.91 Å². The molecule has 0 saturated heterocycles. The predicted octanol–water partition coefficient (Wildman–Crippen LogP) is 1.63. The van der Waals surface area contributed by atoms with Crippen molar-refractivity contribution in [2.75, 3.05) is 6.54 Å². The number of carbonyl (C=O) groups is 2. The third-order valence-electron chi connectivity index (χ3n) is 3.31. The van der Waals surface area contributed by atoms with E-state index in [1.54, 1.807) is 10.4 Å². The van der Waals surface area contributed by atoms with Crippen molar-refractivity contribution in [2.24, 2.45) is 0 Å². The van der Waals surface area contributed by atoms with Crippen molar-refractivity contribution in [2.45, 2.75) is 25.8 Å². The Morgan fingerprint density at radius 3 is 2.75 bits per heavy atom.